The van der Waals surface area contributed by atoms with E-state index in [1.807, 2.05) is 6.07 Å². The monoisotopic (exact) mass is 235 g/mol. The van der Waals surface area contributed by atoms with Gasteiger partial charge in [-0.05, 0) is 42.2 Å². The smallest absolute Gasteiger partial charge is 0.101 e. The van der Waals surface area contributed by atoms with E-state index < -0.39 is 0 Å². The van der Waals surface area contributed by atoms with Crippen LogP contribution in [0.4, 0.5) is 5.69 Å². The van der Waals surface area contributed by atoms with E-state index in [0.29, 0.717) is 5.56 Å². The number of nitriles is 1. The van der Waals surface area contributed by atoms with E-state index in [4.69, 9.17) is 5.26 Å². The third-order valence-corrected chi connectivity index (χ3v) is 3.24. The van der Waals surface area contributed by atoms with Crippen LogP contribution in [0.1, 0.15) is 17.5 Å². The minimum absolute atomic E-state index is 0.600. The normalized spacial score (nSPS) is 13.3. The lowest BCUT2D eigenvalue weighted by atomic mass is 9.97. The van der Waals surface area contributed by atoms with E-state index in [1.54, 1.807) is 12.4 Å². The average Bonchev–Trinajstić information content (AvgIpc) is 2.47. The van der Waals surface area contributed by atoms with Crippen molar-refractivity contribution in [1.29, 1.82) is 5.26 Å². The number of pyridine rings is 1. The first-order valence-corrected chi connectivity index (χ1v) is 6.09. The summed E-state index contributed by atoms with van der Waals surface area (Å²) in [6.45, 7) is 1.05. The summed E-state index contributed by atoms with van der Waals surface area (Å²) >= 11 is 0. The molecule has 1 aromatic carbocycles. The number of anilines is 1. The molecule has 18 heavy (non-hydrogen) atoms. The molecule has 0 aliphatic carbocycles. The quantitative estimate of drug-likeness (QED) is 0.826. The van der Waals surface area contributed by atoms with Crippen molar-refractivity contribution in [3.63, 3.8) is 0 Å². The summed E-state index contributed by atoms with van der Waals surface area (Å²) in [5.41, 5.74) is 5.31. The van der Waals surface area contributed by atoms with Gasteiger partial charge in [0.25, 0.3) is 0 Å². The Morgan fingerprint density at radius 3 is 3.00 bits per heavy atom. The third kappa shape index (κ3) is 1.93. The highest BCUT2D eigenvalue weighted by molar-refractivity contribution is 5.69. The van der Waals surface area contributed by atoms with Gasteiger partial charge in [-0.2, -0.15) is 5.26 Å². The molecule has 0 saturated carbocycles. The predicted octanol–water partition coefficient (Wildman–Crippen LogP) is 2.98. The summed E-state index contributed by atoms with van der Waals surface area (Å²) in [5, 5.41) is 12.3. The molecule has 1 aromatic heterocycles. The van der Waals surface area contributed by atoms with Crippen molar-refractivity contribution in [3.05, 3.63) is 47.8 Å². The fourth-order valence-corrected chi connectivity index (χ4v) is 2.31. The molecule has 1 aliphatic rings. The molecular formula is C15H13N3. The average molecular weight is 235 g/mol. The maximum Gasteiger partial charge on any atom is 0.101 e. The van der Waals surface area contributed by atoms with E-state index in [0.717, 1.165) is 24.1 Å². The lowest BCUT2D eigenvalue weighted by Gasteiger charge is -2.18. The van der Waals surface area contributed by atoms with Gasteiger partial charge in [0, 0.05) is 30.2 Å². The number of aryl methyl sites for hydroxylation is 1. The topological polar surface area (TPSA) is 48.7 Å². The molecule has 1 N–H and O–H groups in total. The van der Waals surface area contributed by atoms with Crippen LogP contribution in [0.15, 0.2) is 36.7 Å². The zero-order valence-electron chi connectivity index (χ0n) is 9.98. The van der Waals surface area contributed by atoms with Gasteiger partial charge in [0.15, 0.2) is 0 Å². The van der Waals surface area contributed by atoms with Crippen molar-refractivity contribution < 1.29 is 0 Å². The van der Waals surface area contributed by atoms with E-state index >= 15 is 0 Å². The van der Waals surface area contributed by atoms with E-state index in [-0.39, 0.29) is 0 Å². The summed E-state index contributed by atoms with van der Waals surface area (Å²) in [5.74, 6) is 0. The number of nitrogens with zero attached hydrogens (tertiary/aromatic N) is 2. The molecule has 0 atom stereocenters. The summed E-state index contributed by atoms with van der Waals surface area (Å²) in [7, 11) is 0. The van der Waals surface area contributed by atoms with E-state index in [2.05, 4.69) is 34.6 Å². The summed E-state index contributed by atoms with van der Waals surface area (Å²) in [6, 6.07) is 10.4. The highest BCUT2D eigenvalue weighted by Crippen LogP contribution is 2.28. The molecule has 0 unspecified atom stereocenters. The summed E-state index contributed by atoms with van der Waals surface area (Å²) in [6.07, 6.45) is 5.68. The molecule has 0 fully saturated rings. The van der Waals surface area contributed by atoms with Crippen LogP contribution in [0.5, 0.6) is 0 Å². The molecule has 3 nitrogen and oxygen atoms in total. The number of benzene rings is 1. The van der Waals surface area contributed by atoms with Gasteiger partial charge in [-0.15, -0.1) is 0 Å². The molecule has 0 saturated heterocycles. The number of hydrogen-bond acceptors (Lipinski definition) is 3. The van der Waals surface area contributed by atoms with Gasteiger partial charge < -0.3 is 5.32 Å². The van der Waals surface area contributed by atoms with Gasteiger partial charge in [-0.3, -0.25) is 4.98 Å². The Bertz CT molecular complexity index is 626. The second kappa shape index (κ2) is 4.50. The van der Waals surface area contributed by atoms with Gasteiger partial charge in [-0.1, -0.05) is 6.07 Å². The van der Waals surface area contributed by atoms with Crippen LogP contribution in [-0.2, 0) is 6.42 Å². The Morgan fingerprint density at radius 1 is 1.17 bits per heavy atom. The molecular weight excluding hydrogens is 222 g/mol. The van der Waals surface area contributed by atoms with Crippen LogP contribution in [0.25, 0.3) is 11.1 Å². The standard InChI is InChI=1S/C15H13N3/c16-8-11-6-14(10-17-9-11)12-3-4-15-13(7-12)2-1-5-18-15/h3-4,6-7,9-10,18H,1-2,5H2. The zero-order valence-corrected chi connectivity index (χ0v) is 9.98. The Morgan fingerprint density at radius 2 is 2.11 bits per heavy atom. The van der Waals surface area contributed by atoms with Crippen molar-refractivity contribution >= 4 is 5.69 Å². The largest absolute Gasteiger partial charge is 0.385 e. The minimum Gasteiger partial charge on any atom is -0.385 e. The number of nitrogens with one attached hydrogen (secondary N) is 1. The molecule has 0 amide bonds. The zero-order chi connectivity index (χ0) is 12.4. The number of fused-ring (bicyclic) bond motifs is 1. The third-order valence-electron chi connectivity index (χ3n) is 3.24. The Balaban J connectivity index is 2.04. The molecule has 3 rings (SSSR count). The van der Waals surface area contributed by atoms with Crippen LogP contribution < -0.4 is 5.32 Å². The lowest BCUT2D eigenvalue weighted by Crippen LogP contribution is -2.11. The van der Waals surface area contributed by atoms with Crippen molar-refractivity contribution in [2.45, 2.75) is 12.8 Å². The highest BCUT2D eigenvalue weighted by atomic mass is 14.9. The lowest BCUT2D eigenvalue weighted by molar-refractivity contribution is 0.830. The Kier molecular flexibility index (Phi) is 2.70. The number of hydrogen-bond donors (Lipinski definition) is 1. The predicted molar refractivity (Wildman–Crippen MR) is 71.2 cm³/mol. The van der Waals surface area contributed by atoms with Gasteiger partial charge >= 0.3 is 0 Å². The first-order chi connectivity index (χ1) is 8.86. The molecule has 2 aromatic rings. The van der Waals surface area contributed by atoms with Crippen LogP contribution in [0.3, 0.4) is 0 Å². The SMILES string of the molecule is N#Cc1cncc(-c2ccc3c(c2)CCCN3)c1. The van der Waals surface area contributed by atoms with Crippen LogP contribution in [0.2, 0.25) is 0 Å². The van der Waals surface area contributed by atoms with E-state index in [9.17, 15) is 0 Å². The van der Waals surface area contributed by atoms with Crippen LogP contribution in [0, 0.1) is 11.3 Å². The van der Waals surface area contributed by atoms with Gasteiger partial charge in [0.1, 0.15) is 6.07 Å². The van der Waals surface area contributed by atoms with Crippen molar-refractivity contribution in [1.82, 2.24) is 4.98 Å². The first-order valence-electron chi connectivity index (χ1n) is 6.09. The van der Waals surface area contributed by atoms with Gasteiger partial charge in [-0.25, -0.2) is 0 Å². The first kappa shape index (κ1) is 10.8. The highest BCUT2D eigenvalue weighted by Gasteiger charge is 2.09. The minimum atomic E-state index is 0.600. The van der Waals surface area contributed by atoms with E-state index in [1.165, 1.54) is 17.7 Å². The van der Waals surface area contributed by atoms with Crippen molar-refractivity contribution in [2.24, 2.45) is 0 Å². The molecule has 3 heteroatoms. The second-order valence-corrected chi connectivity index (χ2v) is 4.48. The molecule has 1 aliphatic heterocycles. The molecule has 0 radical (unpaired) electrons. The van der Waals surface area contributed by atoms with Gasteiger partial charge in [0.05, 0.1) is 5.56 Å². The fraction of sp³-hybridized carbons (Fsp3) is 0.200. The van der Waals surface area contributed by atoms with Crippen molar-refractivity contribution in [2.75, 3.05) is 11.9 Å². The second-order valence-electron chi connectivity index (χ2n) is 4.48. The van der Waals surface area contributed by atoms with Gasteiger partial charge in [0.2, 0.25) is 0 Å². The molecule has 2 heterocycles. The molecule has 0 bridgehead atoms. The summed E-state index contributed by atoms with van der Waals surface area (Å²) < 4.78 is 0. The van der Waals surface area contributed by atoms with Crippen LogP contribution >= 0.6 is 0 Å². The maximum atomic E-state index is 8.90. The number of aromatic nitrogens is 1. The number of rotatable bonds is 1. The molecule has 0 spiro atoms. The Hall–Kier alpha value is -2.34. The Labute approximate surface area is 106 Å². The maximum absolute atomic E-state index is 8.90. The fourth-order valence-electron chi connectivity index (χ4n) is 2.31. The van der Waals surface area contributed by atoms with Crippen molar-refractivity contribution in [3.8, 4) is 17.2 Å². The molecule has 88 valence electrons. The van der Waals surface area contributed by atoms with Crippen LogP contribution in [-0.4, -0.2) is 11.5 Å². The summed E-state index contributed by atoms with van der Waals surface area (Å²) in [4.78, 5) is 4.11.